The third-order valence-corrected chi connectivity index (χ3v) is 3.26. The number of benzene rings is 1. The smallest absolute Gasteiger partial charge is 0.0459 e. The summed E-state index contributed by atoms with van der Waals surface area (Å²) in [7, 11) is 0. The Morgan fingerprint density at radius 1 is 1.20 bits per heavy atom. The van der Waals surface area contributed by atoms with Gasteiger partial charge >= 0.3 is 0 Å². The fraction of sp³-hybridized carbons (Fsp3) is 0.385. The molecule has 1 nitrogen and oxygen atoms in total. The Labute approximate surface area is 99.0 Å². The molecule has 0 amide bonds. The van der Waals surface area contributed by atoms with Gasteiger partial charge in [0.1, 0.15) is 0 Å². The van der Waals surface area contributed by atoms with E-state index in [1.165, 1.54) is 22.2 Å². The van der Waals surface area contributed by atoms with Crippen molar-refractivity contribution in [2.24, 2.45) is 0 Å². The van der Waals surface area contributed by atoms with E-state index < -0.39 is 0 Å². The molecule has 0 radical (unpaired) electrons. The van der Waals surface area contributed by atoms with Crippen molar-refractivity contribution in [2.45, 2.75) is 33.1 Å². The number of H-pyrrole nitrogens is 1. The van der Waals surface area contributed by atoms with Crippen LogP contribution in [0.2, 0.25) is 0 Å². The van der Waals surface area contributed by atoms with Gasteiger partial charge in [-0.3, -0.25) is 0 Å². The van der Waals surface area contributed by atoms with Gasteiger partial charge in [-0.1, -0.05) is 36.7 Å². The molecule has 0 saturated carbocycles. The standard InChI is InChI=1S/C13H16BrN/c1-8-10-7-9(14)5-6-11(10)15-12(8)13(2,3)4/h5-7,15H,1-4H3. The minimum absolute atomic E-state index is 0.176. The summed E-state index contributed by atoms with van der Waals surface area (Å²) in [5, 5.41) is 1.31. The van der Waals surface area contributed by atoms with E-state index >= 15 is 0 Å². The number of aromatic amines is 1. The Kier molecular flexibility index (Phi) is 2.42. The van der Waals surface area contributed by atoms with Gasteiger partial charge in [-0.25, -0.2) is 0 Å². The molecule has 2 heteroatoms. The lowest BCUT2D eigenvalue weighted by atomic mass is 9.89. The number of hydrogen-bond acceptors (Lipinski definition) is 0. The lowest BCUT2D eigenvalue weighted by Crippen LogP contribution is -2.12. The number of hydrogen-bond donors (Lipinski definition) is 1. The van der Waals surface area contributed by atoms with Gasteiger partial charge in [0.2, 0.25) is 0 Å². The van der Waals surface area contributed by atoms with Crippen LogP contribution in [-0.2, 0) is 5.41 Å². The first kappa shape index (κ1) is 10.7. The number of fused-ring (bicyclic) bond motifs is 1. The Hall–Kier alpha value is -0.760. The average molecular weight is 266 g/mol. The number of nitrogens with one attached hydrogen (secondary N) is 1. The lowest BCUT2D eigenvalue weighted by molar-refractivity contribution is 0.570. The summed E-state index contributed by atoms with van der Waals surface area (Å²) in [5.41, 5.74) is 4.09. The van der Waals surface area contributed by atoms with Crippen molar-refractivity contribution < 1.29 is 0 Å². The Morgan fingerprint density at radius 3 is 2.47 bits per heavy atom. The van der Waals surface area contributed by atoms with Crippen molar-refractivity contribution in [1.29, 1.82) is 0 Å². The van der Waals surface area contributed by atoms with Gasteiger partial charge in [0, 0.05) is 26.5 Å². The zero-order valence-corrected chi connectivity index (χ0v) is 11.2. The van der Waals surface area contributed by atoms with Gasteiger partial charge in [-0.05, 0) is 30.7 Å². The van der Waals surface area contributed by atoms with E-state index in [-0.39, 0.29) is 5.41 Å². The molecule has 1 N–H and O–H groups in total. The predicted octanol–water partition coefficient (Wildman–Crippen LogP) is 4.54. The summed E-state index contributed by atoms with van der Waals surface area (Å²) in [5.74, 6) is 0. The molecule has 0 fully saturated rings. The molecule has 2 rings (SSSR count). The van der Waals surface area contributed by atoms with Gasteiger partial charge in [-0.15, -0.1) is 0 Å². The van der Waals surface area contributed by atoms with Crippen molar-refractivity contribution in [3.05, 3.63) is 33.9 Å². The first-order valence-electron chi connectivity index (χ1n) is 5.18. The van der Waals surface area contributed by atoms with Crippen molar-refractivity contribution in [2.75, 3.05) is 0 Å². The van der Waals surface area contributed by atoms with Gasteiger partial charge in [-0.2, -0.15) is 0 Å². The third-order valence-electron chi connectivity index (χ3n) is 2.77. The van der Waals surface area contributed by atoms with Gasteiger partial charge in [0.05, 0.1) is 0 Å². The van der Waals surface area contributed by atoms with Crippen LogP contribution in [0.15, 0.2) is 22.7 Å². The maximum Gasteiger partial charge on any atom is 0.0459 e. The molecular formula is C13H16BrN. The van der Waals surface area contributed by atoms with Crippen LogP contribution in [0.3, 0.4) is 0 Å². The predicted molar refractivity (Wildman–Crippen MR) is 69.4 cm³/mol. The molecule has 2 aromatic rings. The topological polar surface area (TPSA) is 15.8 Å². The molecule has 1 aromatic carbocycles. The largest absolute Gasteiger partial charge is 0.358 e. The van der Waals surface area contributed by atoms with E-state index in [2.05, 4.69) is 66.8 Å². The first-order valence-corrected chi connectivity index (χ1v) is 5.97. The van der Waals surface area contributed by atoms with Crippen LogP contribution < -0.4 is 0 Å². The van der Waals surface area contributed by atoms with E-state index in [1.54, 1.807) is 0 Å². The minimum atomic E-state index is 0.176. The summed E-state index contributed by atoms with van der Waals surface area (Å²) in [6.07, 6.45) is 0. The molecular weight excluding hydrogens is 250 g/mol. The zero-order valence-electron chi connectivity index (χ0n) is 9.61. The van der Waals surface area contributed by atoms with Crippen LogP contribution in [-0.4, -0.2) is 4.98 Å². The van der Waals surface area contributed by atoms with E-state index in [0.29, 0.717) is 0 Å². The van der Waals surface area contributed by atoms with E-state index in [9.17, 15) is 0 Å². The van der Waals surface area contributed by atoms with Crippen LogP contribution in [0.5, 0.6) is 0 Å². The molecule has 0 bridgehead atoms. The second-order valence-corrected chi connectivity index (χ2v) is 5.98. The second-order valence-electron chi connectivity index (χ2n) is 5.06. The zero-order chi connectivity index (χ0) is 11.2. The molecule has 0 aliphatic rings. The molecule has 15 heavy (non-hydrogen) atoms. The first-order chi connectivity index (χ1) is 6.89. The number of rotatable bonds is 0. The highest BCUT2D eigenvalue weighted by Gasteiger charge is 2.19. The summed E-state index contributed by atoms with van der Waals surface area (Å²) in [6.45, 7) is 8.89. The van der Waals surface area contributed by atoms with E-state index in [1.807, 2.05) is 0 Å². The molecule has 1 heterocycles. The van der Waals surface area contributed by atoms with Crippen molar-refractivity contribution in [1.82, 2.24) is 4.98 Å². The lowest BCUT2D eigenvalue weighted by Gasteiger charge is -2.17. The molecule has 1 aromatic heterocycles. The summed E-state index contributed by atoms with van der Waals surface area (Å²) >= 11 is 3.51. The highest BCUT2D eigenvalue weighted by atomic mass is 79.9. The monoisotopic (exact) mass is 265 g/mol. The SMILES string of the molecule is Cc1c(C(C)(C)C)[nH]c2ccc(Br)cc12. The molecule has 0 spiro atoms. The Morgan fingerprint density at radius 2 is 1.87 bits per heavy atom. The highest BCUT2D eigenvalue weighted by molar-refractivity contribution is 9.10. The maximum absolute atomic E-state index is 3.51. The van der Waals surface area contributed by atoms with Gasteiger partial charge in [0.25, 0.3) is 0 Å². The normalized spacial score (nSPS) is 12.3. The van der Waals surface area contributed by atoms with Crippen LogP contribution in [0.1, 0.15) is 32.0 Å². The van der Waals surface area contributed by atoms with E-state index in [4.69, 9.17) is 0 Å². The Bertz CT molecular complexity index is 503. The number of aromatic nitrogens is 1. The van der Waals surface area contributed by atoms with Crippen LogP contribution in [0, 0.1) is 6.92 Å². The molecule has 0 saturated heterocycles. The van der Waals surface area contributed by atoms with Crippen molar-refractivity contribution >= 4 is 26.8 Å². The maximum atomic E-state index is 3.51. The third kappa shape index (κ3) is 1.83. The summed E-state index contributed by atoms with van der Waals surface area (Å²) < 4.78 is 1.14. The van der Waals surface area contributed by atoms with Crippen LogP contribution in [0.4, 0.5) is 0 Å². The molecule has 0 aliphatic carbocycles. The Balaban J connectivity index is 2.76. The van der Waals surface area contributed by atoms with Crippen LogP contribution in [0.25, 0.3) is 10.9 Å². The van der Waals surface area contributed by atoms with Crippen molar-refractivity contribution in [3.63, 3.8) is 0 Å². The number of aryl methyl sites for hydroxylation is 1. The second kappa shape index (κ2) is 3.38. The fourth-order valence-corrected chi connectivity index (χ4v) is 2.41. The highest BCUT2D eigenvalue weighted by Crippen LogP contribution is 2.31. The van der Waals surface area contributed by atoms with E-state index in [0.717, 1.165) is 4.47 Å². The molecule has 0 aliphatic heterocycles. The number of halogens is 1. The molecule has 0 unspecified atom stereocenters. The van der Waals surface area contributed by atoms with Gasteiger partial charge < -0.3 is 4.98 Å². The fourth-order valence-electron chi connectivity index (χ4n) is 2.05. The molecule has 80 valence electrons. The van der Waals surface area contributed by atoms with Crippen LogP contribution >= 0.6 is 15.9 Å². The minimum Gasteiger partial charge on any atom is -0.358 e. The van der Waals surface area contributed by atoms with Crippen molar-refractivity contribution in [3.8, 4) is 0 Å². The van der Waals surface area contributed by atoms with Gasteiger partial charge in [0.15, 0.2) is 0 Å². The average Bonchev–Trinajstić information content (AvgIpc) is 2.43. The molecule has 0 atom stereocenters. The summed E-state index contributed by atoms with van der Waals surface area (Å²) in [6, 6.07) is 6.38. The quantitative estimate of drug-likeness (QED) is 0.720. The summed E-state index contributed by atoms with van der Waals surface area (Å²) in [4.78, 5) is 3.51.